The standard InChI is InChI=1S/C15H12N6O4/c16-7-10(5-9-6-11(21(24)25)1-2-13(9)23)14-12(8-17)15(18)20(19-14)3-4-22/h1-2,5-6,22-23H,3-4,18H2/b10-5+. The molecule has 1 aromatic carbocycles. The monoisotopic (exact) mass is 340 g/mol. The summed E-state index contributed by atoms with van der Waals surface area (Å²) < 4.78 is 1.17. The molecule has 0 fully saturated rings. The van der Waals surface area contributed by atoms with E-state index in [2.05, 4.69) is 5.10 Å². The molecule has 0 atom stereocenters. The molecular weight excluding hydrogens is 328 g/mol. The van der Waals surface area contributed by atoms with Gasteiger partial charge in [-0.15, -0.1) is 0 Å². The number of nitrogen functional groups attached to an aromatic ring is 1. The van der Waals surface area contributed by atoms with Crippen LogP contribution < -0.4 is 5.73 Å². The number of nitro groups is 1. The fraction of sp³-hybridized carbons (Fsp3) is 0.133. The molecule has 0 spiro atoms. The van der Waals surface area contributed by atoms with Gasteiger partial charge in [-0.25, -0.2) is 4.68 Å². The lowest BCUT2D eigenvalue weighted by Crippen LogP contribution is -2.07. The predicted molar refractivity (Wildman–Crippen MR) is 86.7 cm³/mol. The van der Waals surface area contributed by atoms with Crippen LogP contribution in [0.25, 0.3) is 11.6 Å². The molecule has 10 nitrogen and oxygen atoms in total. The Morgan fingerprint density at radius 3 is 2.76 bits per heavy atom. The van der Waals surface area contributed by atoms with E-state index in [0.717, 1.165) is 18.2 Å². The van der Waals surface area contributed by atoms with Crippen LogP contribution in [0.4, 0.5) is 11.5 Å². The molecule has 0 saturated heterocycles. The average Bonchev–Trinajstić information content (AvgIpc) is 2.90. The molecular formula is C15H12N6O4. The van der Waals surface area contributed by atoms with Crippen molar-refractivity contribution in [3.63, 3.8) is 0 Å². The summed E-state index contributed by atoms with van der Waals surface area (Å²) in [5.41, 5.74) is 5.30. The average molecular weight is 340 g/mol. The minimum Gasteiger partial charge on any atom is -0.507 e. The number of nitriles is 2. The van der Waals surface area contributed by atoms with E-state index >= 15 is 0 Å². The number of phenols is 1. The number of rotatable bonds is 5. The number of hydrogen-bond donors (Lipinski definition) is 3. The molecule has 4 N–H and O–H groups in total. The SMILES string of the molecule is N#C/C(=C\c1cc([N+](=O)[O-])ccc1O)c1nn(CCO)c(N)c1C#N. The first-order chi connectivity index (χ1) is 11.9. The van der Waals surface area contributed by atoms with Crippen molar-refractivity contribution in [2.45, 2.75) is 6.54 Å². The van der Waals surface area contributed by atoms with Crippen LogP contribution in [0.2, 0.25) is 0 Å². The van der Waals surface area contributed by atoms with E-state index in [1.807, 2.05) is 12.1 Å². The van der Waals surface area contributed by atoms with E-state index in [9.17, 15) is 25.7 Å². The van der Waals surface area contributed by atoms with E-state index in [0.29, 0.717) is 0 Å². The number of non-ortho nitro benzene ring substituents is 1. The van der Waals surface area contributed by atoms with E-state index in [-0.39, 0.29) is 52.8 Å². The zero-order chi connectivity index (χ0) is 18.6. The molecule has 0 radical (unpaired) electrons. The van der Waals surface area contributed by atoms with Gasteiger partial charge in [0.2, 0.25) is 0 Å². The third kappa shape index (κ3) is 3.39. The highest BCUT2D eigenvalue weighted by Crippen LogP contribution is 2.29. The van der Waals surface area contributed by atoms with Gasteiger partial charge in [-0.1, -0.05) is 0 Å². The quantitative estimate of drug-likeness (QED) is 0.410. The number of benzene rings is 1. The second-order valence-electron chi connectivity index (χ2n) is 4.84. The van der Waals surface area contributed by atoms with Crippen LogP contribution >= 0.6 is 0 Å². The van der Waals surface area contributed by atoms with Gasteiger partial charge in [0.25, 0.3) is 5.69 Å². The predicted octanol–water partition coefficient (Wildman–Crippen LogP) is 1.01. The molecule has 25 heavy (non-hydrogen) atoms. The summed E-state index contributed by atoms with van der Waals surface area (Å²) in [6.45, 7) is -0.241. The Balaban J connectivity index is 2.62. The van der Waals surface area contributed by atoms with Gasteiger partial charge in [-0.3, -0.25) is 10.1 Å². The summed E-state index contributed by atoms with van der Waals surface area (Å²) in [5, 5.41) is 52.3. The van der Waals surface area contributed by atoms with Crippen LogP contribution in [0, 0.1) is 32.8 Å². The maximum Gasteiger partial charge on any atom is 0.270 e. The van der Waals surface area contributed by atoms with E-state index < -0.39 is 4.92 Å². The molecule has 2 rings (SSSR count). The lowest BCUT2D eigenvalue weighted by molar-refractivity contribution is -0.384. The summed E-state index contributed by atoms with van der Waals surface area (Å²) in [7, 11) is 0. The largest absolute Gasteiger partial charge is 0.507 e. The molecule has 126 valence electrons. The van der Waals surface area contributed by atoms with Crippen molar-refractivity contribution in [3.8, 4) is 17.9 Å². The second-order valence-corrected chi connectivity index (χ2v) is 4.84. The second kappa shape index (κ2) is 7.12. The Kier molecular flexibility index (Phi) is 4.98. The summed E-state index contributed by atoms with van der Waals surface area (Å²) in [6.07, 6.45) is 1.17. The van der Waals surface area contributed by atoms with Crippen molar-refractivity contribution in [1.29, 1.82) is 10.5 Å². The molecule has 0 unspecified atom stereocenters. The van der Waals surface area contributed by atoms with Crippen molar-refractivity contribution in [2.24, 2.45) is 0 Å². The smallest absolute Gasteiger partial charge is 0.270 e. The van der Waals surface area contributed by atoms with Crippen LogP contribution in [0.15, 0.2) is 18.2 Å². The van der Waals surface area contributed by atoms with Crippen molar-refractivity contribution >= 4 is 23.2 Å². The molecule has 1 heterocycles. The van der Waals surface area contributed by atoms with Gasteiger partial charge < -0.3 is 15.9 Å². The Bertz CT molecular complexity index is 948. The summed E-state index contributed by atoms with van der Waals surface area (Å²) >= 11 is 0. The van der Waals surface area contributed by atoms with Crippen molar-refractivity contribution < 1.29 is 15.1 Å². The van der Waals surface area contributed by atoms with Crippen molar-refractivity contribution in [2.75, 3.05) is 12.3 Å². The number of aromatic nitrogens is 2. The van der Waals surface area contributed by atoms with E-state index in [1.54, 1.807) is 0 Å². The summed E-state index contributed by atoms with van der Waals surface area (Å²) in [4.78, 5) is 10.2. The van der Waals surface area contributed by atoms with Crippen molar-refractivity contribution in [3.05, 3.63) is 45.1 Å². The maximum absolute atomic E-state index is 10.8. The molecule has 1 aromatic heterocycles. The van der Waals surface area contributed by atoms with E-state index in [1.165, 1.54) is 10.8 Å². The molecule has 0 bridgehead atoms. The number of phenolic OH excluding ortho intramolecular Hbond substituents is 1. The van der Waals surface area contributed by atoms with Gasteiger partial charge >= 0.3 is 0 Å². The fourth-order valence-corrected chi connectivity index (χ4v) is 2.12. The van der Waals surface area contributed by atoms with Crippen LogP contribution in [0.5, 0.6) is 5.75 Å². The number of aromatic hydroxyl groups is 1. The molecule has 2 aromatic rings. The van der Waals surface area contributed by atoms with Crippen LogP contribution in [0.3, 0.4) is 0 Å². The van der Waals surface area contributed by atoms with E-state index in [4.69, 9.17) is 10.8 Å². The van der Waals surface area contributed by atoms with Gasteiger partial charge in [-0.05, 0) is 12.1 Å². The number of allylic oxidation sites excluding steroid dienone is 1. The molecule has 0 saturated carbocycles. The number of nitrogens with zero attached hydrogens (tertiary/aromatic N) is 5. The maximum atomic E-state index is 10.8. The lowest BCUT2D eigenvalue weighted by atomic mass is 10.0. The van der Waals surface area contributed by atoms with Gasteiger partial charge in [0.05, 0.1) is 23.6 Å². The first-order valence-electron chi connectivity index (χ1n) is 6.89. The topological polar surface area (TPSA) is 175 Å². The van der Waals surface area contributed by atoms with Crippen LogP contribution in [-0.2, 0) is 6.54 Å². The highest BCUT2D eigenvalue weighted by atomic mass is 16.6. The fourth-order valence-electron chi connectivity index (χ4n) is 2.12. The minimum absolute atomic E-state index is 0.0176. The highest BCUT2D eigenvalue weighted by molar-refractivity contribution is 5.92. The van der Waals surface area contributed by atoms with Gasteiger partial charge in [0.1, 0.15) is 35.0 Å². The Labute approximate surface area is 141 Å². The number of nitro benzene ring substituents is 1. The first-order valence-corrected chi connectivity index (χ1v) is 6.89. The third-order valence-electron chi connectivity index (χ3n) is 3.31. The number of hydrogen-bond acceptors (Lipinski definition) is 8. The Hall–Kier alpha value is -3.89. The first kappa shape index (κ1) is 17.5. The van der Waals surface area contributed by atoms with Gasteiger partial charge in [0, 0.05) is 17.7 Å². The third-order valence-corrected chi connectivity index (χ3v) is 3.31. The molecule has 0 aliphatic rings. The Morgan fingerprint density at radius 2 is 2.20 bits per heavy atom. The highest BCUT2D eigenvalue weighted by Gasteiger charge is 2.19. The van der Waals surface area contributed by atoms with Crippen LogP contribution in [0.1, 0.15) is 16.8 Å². The summed E-state index contributed by atoms with van der Waals surface area (Å²) in [6, 6.07) is 7.01. The van der Waals surface area contributed by atoms with Crippen molar-refractivity contribution in [1.82, 2.24) is 9.78 Å². The normalized spacial score (nSPS) is 10.9. The molecule has 0 amide bonds. The zero-order valence-corrected chi connectivity index (χ0v) is 12.7. The van der Waals surface area contributed by atoms with Gasteiger partial charge in [-0.2, -0.15) is 15.6 Å². The Morgan fingerprint density at radius 1 is 1.48 bits per heavy atom. The molecule has 0 aliphatic carbocycles. The molecule has 10 heteroatoms. The summed E-state index contributed by atoms with van der Waals surface area (Å²) in [5.74, 6) is -0.296. The minimum atomic E-state index is -0.641. The van der Waals surface area contributed by atoms with Crippen LogP contribution in [-0.4, -0.2) is 31.5 Å². The number of nitrogens with two attached hydrogens (primary N) is 1. The zero-order valence-electron chi connectivity index (χ0n) is 12.7. The van der Waals surface area contributed by atoms with Gasteiger partial charge in [0.15, 0.2) is 0 Å². The number of aliphatic hydroxyl groups excluding tert-OH is 1. The number of aliphatic hydroxyl groups is 1. The molecule has 0 aliphatic heterocycles. The number of anilines is 1. The lowest BCUT2D eigenvalue weighted by Gasteiger charge is -2.01.